The number of sulfonamides is 1. The predicted octanol–water partition coefficient (Wildman–Crippen LogP) is 3.07. The number of hydrogen-bond acceptors (Lipinski definition) is 5. The van der Waals surface area contributed by atoms with Crippen LogP contribution in [0.3, 0.4) is 0 Å². The molecule has 7 nitrogen and oxygen atoms in total. The Morgan fingerprint density at radius 2 is 1.84 bits per heavy atom. The summed E-state index contributed by atoms with van der Waals surface area (Å²) in [6, 6.07) is 3.33. The third-order valence-electron chi connectivity index (χ3n) is 5.50. The van der Waals surface area contributed by atoms with Crippen molar-refractivity contribution in [3.63, 3.8) is 0 Å². The van der Waals surface area contributed by atoms with Crippen molar-refractivity contribution in [2.75, 3.05) is 32.7 Å². The second-order valence-electron chi connectivity index (χ2n) is 7.57. The molecule has 168 valence electrons. The van der Waals surface area contributed by atoms with Crippen LogP contribution in [0, 0.1) is 12.7 Å². The number of rotatable bonds is 7. The molecule has 0 aliphatic carbocycles. The number of aromatic amines is 1. The Hall–Kier alpha value is -2.07. The summed E-state index contributed by atoms with van der Waals surface area (Å²) in [5, 5.41) is -0.247. The van der Waals surface area contributed by atoms with E-state index in [1.54, 1.807) is 6.92 Å². The van der Waals surface area contributed by atoms with Gasteiger partial charge in [0.05, 0.1) is 22.2 Å². The minimum absolute atomic E-state index is 0.0605. The van der Waals surface area contributed by atoms with E-state index in [0.717, 1.165) is 17.7 Å². The highest BCUT2D eigenvalue weighted by Crippen LogP contribution is 2.24. The molecule has 2 aromatic rings. The minimum atomic E-state index is -3.80. The maximum Gasteiger partial charge on any atom is 0.243 e. The zero-order valence-corrected chi connectivity index (χ0v) is 19.2. The van der Waals surface area contributed by atoms with E-state index in [1.807, 2.05) is 11.8 Å². The molecule has 1 aromatic heterocycles. The van der Waals surface area contributed by atoms with Crippen LogP contribution in [-0.4, -0.2) is 66.9 Å². The van der Waals surface area contributed by atoms with Gasteiger partial charge in [-0.05, 0) is 44.0 Å². The fourth-order valence-corrected chi connectivity index (χ4v) is 5.64. The van der Waals surface area contributed by atoms with Gasteiger partial charge in [0.15, 0.2) is 11.6 Å². The lowest BCUT2D eigenvalue weighted by Gasteiger charge is -2.33. The summed E-state index contributed by atoms with van der Waals surface area (Å²) in [5.41, 5.74) is 2.42. The molecule has 0 atom stereocenters. The van der Waals surface area contributed by atoms with Crippen molar-refractivity contribution in [1.82, 2.24) is 14.2 Å². The summed E-state index contributed by atoms with van der Waals surface area (Å²) in [4.78, 5) is 29.7. The van der Waals surface area contributed by atoms with Gasteiger partial charge < -0.3 is 4.98 Å². The van der Waals surface area contributed by atoms with Crippen molar-refractivity contribution in [3.05, 3.63) is 51.6 Å². The number of nitrogens with one attached hydrogen (secondary N) is 1. The van der Waals surface area contributed by atoms with Gasteiger partial charge >= 0.3 is 0 Å². The van der Waals surface area contributed by atoms with Gasteiger partial charge in [-0.15, -0.1) is 0 Å². The van der Waals surface area contributed by atoms with Crippen LogP contribution in [0.1, 0.15) is 46.0 Å². The Morgan fingerprint density at radius 3 is 2.39 bits per heavy atom. The lowest BCUT2D eigenvalue weighted by atomic mass is 10.0. The fourth-order valence-electron chi connectivity index (χ4n) is 3.94. The molecule has 1 saturated heterocycles. The van der Waals surface area contributed by atoms with Crippen molar-refractivity contribution in [1.29, 1.82) is 0 Å². The number of aryl methyl sites for hydroxylation is 1. The van der Waals surface area contributed by atoms with E-state index in [-0.39, 0.29) is 41.1 Å². The summed E-state index contributed by atoms with van der Waals surface area (Å²) in [6.07, 6.45) is 0.562. The minimum Gasteiger partial charge on any atom is -0.355 e. The normalized spacial score (nSPS) is 15.9. The standard InChI is InChI=1S/C21H25ClFN3O4S/c1-4-16-20(14(3)27)13(2)24-21(16)19(28)12-25-7-9-26(10-8-25)31(29,30)15-5-6-18(23)17(22)11-15/h5-6,11,24H,4,7-10,12H2,1-3H3. The Balaban J connectivity index is 1.68. The van der Waals surface area contributed by atoms with Gasteiger partial charge in [0.25, 0.3) is 0 Å². The maximum absolute atomic E-state index is 13.4. The molecule has 0 unspecified atom stereocenters. The van der Waals surface area contributed by atoms with Crippen LogP contribution in [0.25, 0.3) is 0 Å². The molecule has 0 spiro atoms. The van der Waals surface area contributed by atoms with E-state index in [9.17, 15) is 22.4 Å². The number of carbonyl (C=O) groups excluding carboxylic acids is 2. The van der Waals surface area contributed by atoms with Crippen LogP contribution in [0.15, 0.2) is 23.1 Å². The molecule has 2 heterocycles. The number of piperazine rings is 1. The third-order valence-corrected chi connectivity index (χ3v) is 7.69. The fraction of sp³-hybridized carbons (Fsp3) is 0.429. The zero-order chi connectivity index (χ0) is 22.9. The number of aromatic nitrogens is 1. The molecule has 0 saturated carbocycles. The van der Waals surface area contributed by atoms with Crippen LogP contribution >= 0.6 is 11.6 Å². The lowest BCUT2D eigenvalue weighted by molar-refractivity contribution is 0.0896. The molecule has 1 N–H and O–H groups in total. The molecule has 10 heteroatoms. The van der Waals surface area contributed by atoms with Crippen LogP contribution in [-0.2, 0) is 16.4 Å². The second-order valence-corrected chi connectivity index (χ2v) is 9.91. The smallest absolute Gasteiger partial charge is 0.243 e. The van der Waals surface area contributed by atoms with E-state index in [1.165, 1.54) is 17.3 Å². The van der Waals surface area contributed by atoms with Gasteiger partial charge in [-0.25, -0.2) is 12.8 Å². The van der Waals surface area contributed by atoms with E-state index in [4.69, 9.17) is 11.6 Å². The Labute approximate surface area is 186 Å². The molecule has 0 amide bonds. The molecular weight excluding hydrogens is 445 g/mol. The topological polar surface area (TPSA) is 90.6 Å². The zero-order valence-electron chi connectivity index (χ0n) is 17.7. The lowest BCUT2D eigenvalue weighted by Crippen LogP contribution is -2.49. The first kappa shape index (κ1) is 23.6. The van der Waals surface area contributed by atoms with Crippen LogP contribution < -0.4 is 0 Å². The number of carbonyl (C=O) groups is 2. The molecule has 0 radical (unpaired) electrons. The van der Waals surface area contributed by atoms with Gasteiger partial charge in [-0.1, -0.05) is 18.5 Å². The molecule has 1 aromatic carbocycles. The van der Waals surface area contributed by atoms with E-state index in [0.29, 0.717) is 36.5 Å². The largest absolute Gasteiger partial charge is 0.355 e. The first-order chi connectivity index (χ1) is 14.6. The average Bonchev–Trinajstić information content (AvgIpc) is 3.07. The van der Waals surface area contributed by atoms with Gasteiger partial charge in [0, 0.05) is 37.4 Å². The molecule has 1 fully saturated rings. The summed E-state index contributed by atoms with van der Waals surface area (Å²) >= 11 is 5.73. The molecule has 31 heavy (non-hydrogen) atoms. The third kappa shape index (κ3) is 4.74. The number of benzene rings is 1. The van der Waals surface area contributed by atoms with E-state index in [2.05, 4.69) is 4.98 Å². The Morgan fingerprint density at radius 1 is 1.19 bits per heavy atom. The molecular formula is C21H25ClFN3O4S. The number of ketones is 2. The highest BCUT2D eigenvalue weighted by molar-refractivity contribution is 7.89. The number of H-pyrrole nitrogens is 1. The SMILES string of the molecule is CCc1c(C(=O)CN2CCN(S(=O)(=O)c3ccc(F)c(Cl)c3)CC2)[nH]c(C)c1C(C)=O. The highest BCUT2D eigenvalue weighted by Gasteiger charge is 2.30. The summed E-state index contributed by atoms with van der Waals surface area (Å²) in [6.45, 7) is 6.44. The van der Waals surface area contributed by atoms with Crippen molar-refractivity contribution in [3.8, 4) is 0 Å². The van der Waals surface area contributed by atoms with Crippen molar-refractivity contribution in [2.24, 2.45) is 0 Å². The van der Waals surface area contributed by atoms with Crippen LogP contribution in [0.5, 0.6) is 0 Å². The number of nitrogens with zero attached hydrogens (tertiary/aromatic N) is 2. The highest BCUT2D eigenvalue weighted by atomic mass is 35.5. The van der Waals surface area contributed by atoms with E-state index >= 15 is 0 Å². The summed E-state index contributed by atoms with van der Waals surface area (Å²) in [5.74, 6) is -0.888. The summed E-state index contributed by atoms with van der Waals surface area (Å²) < 4.78 is 40.3. The van der Waals surface area contributed by atoms with Crippen molar-refractivity contribution < 1.29 is 22.4 Å². The van der Waals surface area contributed by atoms with Crippen LogP contribution in [0.2, 0.25) is 5.02 Å². The maximum atomic E-state index is 13.4. The molecule has 3 rings (SSSR count). The number of halogens is 2. The van der Waals surface area contributed by atoms with Gasteiger partial charge in [0.2, 0.25) is 10.0 Å². The molecule has 1 aliphatic rings. The monoisotopic (exact) mass is 469 g/mol. The van der Waals surface area contributed by atoms with Crippen molar-refractivity contribution >= 4 is 33.2 Å². The predicted molar refractivity (Wildman–Crippen MR) is 116 cm³/mol. The molecule has 0 bridgehead atoms. The first-order valence-electron chi connectivity index (χ1n) is 9.99. The van der Waals surface area contributed by atoms with Gasteiger partial charge in [-0.3, -0.25) is 14.5 Å². The number of Topliss-reactive ketones (excluding diaryl/α,β-unsaturated/α-hetero) is 2. The Kier molecular flexibility index (Phi) is 7.00. The number of hydrogen-bond donors (Lipinski definition) is 1. The van der Waals surface area contributed by atoms with Gasteiger partial charge in [-0.2, -0.15) is 4.31 Å². The second kappa shape index (κ2) is 9.20. The average molecular weight is 470 g/mol. The summed E-state index contributed by atoms with van der Waals surface area (Å²) in [7, 11) is -3.80. The Bertz CT molecular complexity index is 1120. The molecule has 1 aliphatic heterocycles. The van der Waals surface area contributed by atoms with Crippen molar-refractivity contribution in [2.45, 2.75) is 32.1 Å². The van der Waals surface area contributed by atoms with Gasteiger partial charge in [0.1, 0.15) is 5.82 Å². The quantitative estimate of drug-likeness (QED) is 0.629. The van der Waals surface area contributed by atoms with E-state index < -0.39 is 15.8 Å². The van der Waals surface area contributed by atoms with Crippen LogP contribution in [0.4, 0.5) is 4.39 Å². The first-order valence-corrected chi connectivity index (χ1v) is 11.8.